The Balaban J connectivity index is 2.09. The van der Waals surface area contributed by atoms with E-state index in [4.69, 9.17) is 0 Å². The van der Waals surface area contributed by atoms with Crippen LogP contribution in [0.2, 0.25) is 0 Å². The Morgan fingerprint density at radius 2 is 2.00 bits per heavy atom. The highest BCUT2D eigenvalue weighted by Gasteiger charge is 2.07. The molecule has 0 atom stereocenters. The topological polar surface area (TPSA) is 55.1 Å². The molecule has 1 heterocycles. The van der Waals surface area contributed by atoms with Crippen molar-refractivity contribution in [2.75, 3.05) is 0 Å². The first kappa shape index (κ1) is 12.9. The molecule has 0 spiro atoms. The highest BCUT2D eigenvalue weighted by molar-refractivity contribution is 9.10. The maximum Gasteiger partial charge on any atom is 0.274 e. The molecule has 1 N–H and O–H groups in total. The van der Waals surface area contributed by atoms with Crippen LogP contribution in [0.25, 0.3) is 10.8 Å². The van der Waals surface area contributed by atoms with Crippen molar-refractivity contribution in [1.82, 2.24) is 9.78 Å². The summed E-state index contributed by atoms with van der Waals surface area (Å²) in [4.78, 5) is 12.3. The average molecular weight is 331 g/mol. The van der Waals surface area contributed by atoms with Crippen LogP contribution in [0.5, 0.6) is 5.75 Å². The minimum atomic E-state index is -0.164. The Morgan fingerprint density at radius 1 is 1.20 bits per heavy atom. The fourth-order valence-corrected chi connectivity index (χ4v) is 2.49. The Bertz CT molecular complexity index is 843. The summed E-state index contributed by atoms with van der Waals surface area (Å²) in [5.41, 5.74) is 0.478. The fraction of sp³-hybridized carbons (Fsp3) is 0.0667. The molecule has 0 aliphatic heterocycles. The van der Waals surface area contributed by atoms with Gasteiger partial charge in [-0.15, -0.1) is 0 Å². The number of fused-ring (bicyclic) bond motifs is 1. The van der Waals surface area contributed by atoms with Gasteiger partial charge in [-0.05, 0) is 24.3 Å². The quantitative estimate of drug-likeness (QED) is 0.786. The van der Waals surface area contributed by atoms with Gasteiger partial charge in [-0.25, -0.2) is 4.68 Å². The smallest absolute Gasteiger partial charge is 0.274 e. The molecule has 0 saturated heterocycles. The van der Waals surface area contributed by atoms with Crippen molar-refractivity contribution in [3.8, 4) is 5.75 Å². The lowest BCUT2D eigenvalue weighted by Gasteiger charge is -2.08. The maximum absolute atomic E-state index is 12.3. The molecule has 0 radical (unpaired) electrons. The highest BCUT2D eigenvalue weighted by Crippen LogP contribution is 2.22. The largest absolute Gasteiger partial charge is 0.508 e. The second-order valence-corrected chi connectivity index (χ2v) is 5.38. The lowest BCUT2D eigenvalue weighted by molar-refractivity contribution is 0.462. The summed E-state index contributed by atoms with van der Waals surface area (Å²) >= 11 is 3.35. The van der Waals surface area contributed by atoms with E-state index in [0.29, 0.717) is 10.9 Å². The SMILES string of the molecule is O=c1c2ccccc2cnn1Cc1cc(Br)ccc1O. The number of nitrogens with zero attached hydrogens (tertiary/aromatic N) is 2. The molecule has 0 aliphatic rings. The normalized spacial score (nSPS) is 10.8. The molecule has 0 bridgehead atoms. The Kier molecular flexibility index (Phi) is 3.28. The van der Waals surface area contributed by atoms with Crippen LogP contribution in [0.15, 0.2) is 57.9 Å². The van der Waals surface area contributed by atoms with Gasteiger partial charge in [0, 0.05) is 15.4 Å². The standard InChI is InChI=1S/C15H11BrN2O2/c16-12-5-6-14(19)11(7-12)9-18-15(20)13-4-2-1-3-10(13)8-17-18/h1-8,19H,9H2. The van der Waals surface area contributed by atoms with Crippen LogP contribution in [0.3, 0.4) is 0 Å². The van der Waals surface area contributed by atoms with Crippen molar-refractivity contribution in [3.05, 3.63) is 69.1 Å². The molecule has 3 rings (SSSR count). The summed E-state index contributed by atoms with van der Waals surface area (Å²) in [5.74, 6) is 0.148. The van der Waals surface area contributed by atoms with E-state index in [1.165, 1.54) is 4.68 Å². The second kappa shape index (κ2) is 5.09. The number of hydrogen-bond donors (Lipinski definition) is 1. The number of halogens is 1. The number of benzene rings is 2. The van der Waals surface area contributed by atoms with Crippen molar-refractivity contribution in [1.29, 1.82) is 0 Å². The van der Waals surface area contributed by atoms with Gasteiger partial charge in [-0.1, -0.05) is 34.1 Å². The number of rotatable bonds is 2. The van der Waals surface area contributed by atoms with Gasteiger partial charge in [0.15, 0.2) is 0 Å². The molecular formula is C15H11BrN2O2. The van der Waals surface area contributed by atoms with Crippen LogP contribution in [0.1, 0.15) is 5.56 Å². The molecule has 2 aromatic carbocycles. The van der Waals surface area contributed by atoms with Crippen LogP contribution in [-0.2, 0) is 6.54 Å². The zero-order valence-corrected chi connectivity index (χ0v) is 12.0. The number of phenols is 1. The molecule has 0 unspecified atom stereocenters. The third-order valence-electron chi connectivity index (χ3n) is 3.12. The lowest BCUT2D eigenvalue weighted by atomic mass is 10.2. The molecule has 1 aromatic heterocycles. The predicted octanol–water partition coefficient (Wildman–Crippen LogP) is 2.91. The Morgan fingerprint density at radius 3 is 2.85 bits per heavy atom. The molecule has 0 saturated carbocycles. The van der Waals surface area contributed by atoms with Gasteiger partial charge in [-0.2, -0.15) is 5.10 Å². The van der Waals surface area contributed by atoms with Crippen molar-refractivity contribution in [2.45, 2.75) is 6.54 Å². The van der Waals surface area contributed by atoms with Crippen LogP contribution < -0.4 is 5.56 Å². The van der Waals surface area contributed by atoms with Gasteiger partial charge in [0.05, 0.1) is 18.1 Å². The number of aromatic hydroxyl groups is 1. The number of phenolic OH excluding ortho intramolecular Hbond substituents is 1. The van der Waals surface area contributed by atoms with E-state index < -0.39 is 0 Å². The van der Waals surface area contributed by atoms with E-state index in [0.717, 1.165) is 9.86 Å². The Labute approximate surface area is 123 Å². The molecule has 5 heteroatoms. The summed E-state index contributed by atoms with van der Waals surface area (Å²) in [5, 5.41) is 15.4. The van der Waals surface area contributed by atoms with Crippen molar-refractivity contribution < 1.29 is 5.11 Å². The first-order chi connectivity index (χ1) is 9.65. The predicted molar refractivity (Wildman–Crippen MR) is 80.9 cm³/mol. The van der Waals surface area contributed by atoms with E-state index in [1.807, 2.05) is 18.2 Å². The third kappa shape index (κ3) is 2.32. The molecule has 3 aromatic rings. The zero-order chi connectivity index (χ0) is 14.1. The first-order valence-electron chi connectivity index (χ1n) is 6.07. The van der Waals surface area contributed by atoms with Crippen LogP contribution in [-0.4, -0.2) is 14.9 Å². The lowest BCUT2D eigenvalue weighted by Crippen LogP contribution is -2.23. The molecule has 4 nitrogen and oxygen atoms in total. The van der Waals surface area contributed by atoms with E-state index in [1.54, 1.807) is 30.5 Å². The summed E-state index contributed by atoms with van der Waals surface area (Å²) in [6.07, 6.45) is 1.66. The third-order valence-corrected chi connectivity index (χ3v) is 3.62. The van der Waals surface area contributed by atoms with Gasteiger partial charge in [0.25, 0.3) is 5.56 Å². The monoisotopic (exact) mass is 330 g/mol. The summed E-state index contributed by atoms with van der Waals surface area (Å²) in [6, 6.07) is 12.4. The minimum absolute atomic E-state index is 0.148. The van der Waals surface area contributed by atoms with Crippen molar-refractivity contribution in [3.63, 3.8) is 0 Å². The van der Waals surface area contributed by atoms with Crippen LogP contribution in [0, 0.1) is 0 Å². The molecule has 20 heavy (non-hydrogen) atoms. The number of aromatic nitrogens is 2. The molecule has 100 valence electrons. The summed E-state index contributed by atoms with van der Waals surface area (Å²) in [6.45, 7) is 0.231. The summed E-state index contributed by atoms with van der Waals surface area (Å²) in [7, 11) is 0. The van der Waals surface area contributed by atoms with E-state index >= 15 is 0 Å². The average Bonchev–Trinajstić information content (AvgIpc) is 2.46. The van der Waals surface area contributed by atoms with Crippen molar-refractivity contribution in [2.24, 2.45) is 0 Å². The van der Waals surface area contributed by atoms with Crippen LogP contribution in [0.4, 0.5) is 0 Å². The Hall–Kier alpha value is -2.14. The molecular weight excluding hydrogens is 320 g/mol. The van der Waals surface area contributed by atoms with Gasteiger partial charge >= 0.3 is 0 Å². The zero-order valence-electron chi connectivity index (χ0n) is 10.5. The highest BCUT2D eigenvalue weighted by atomic mass is 79.9. The van der Waals surface area contributed by atoms with E-state index in [9.17, 15) is 9.90 Å². The molecule has 0 aliphatic carbocycles. The second-order valence-electron chi connectivity index (χ2n) is 4.47. The first-order valence-corrected chi connectivity index (χ1v) is 6.87. The van der Waals surface area contributed by atoms with Gasteiger partial charge in [0.1, 0.15) is 5.75 Å². The molecule has 0 fully saturated rings. The van der Waals surface area contributed by atoms with Gasteiger partial charge < -0.3 is 5.11 Å². The maximum atomic E-state index is 12.3. The van der Waals surface area contributed by atoms with Gasteiger partial charge in [-0.3, -0.25) is 4.79 Å². The minimum Gasteiger partial charge on any atom is -0.508 e. The fourth-order valence-electron chi connectivity index (χ4n) is 2.08. The molecule has 0 amide bonds. The van der Waals surface area contributed by atoms with E-state index in [2.05, 4.69) is 21.0 Å². The van der Waals surface area contributed by atoms with Crippen molar-refractivity contribution >= 4 is 26.7 Å². The van der Waals surface area contributed by atoms with Crippen LogP contribution >= 0.6 is 15.9 Å². The number of hydrogen-bond acceptors (Lipinski definition) is 3. The van der Waals surface area contributed by atoms with E-state index in [-0.39, 0.29) is 17.9 Å². The summed E-state index contributed by atoms with van der Waals surface area (Å²) < 4.78 is 2.20. The van der Waals surface area contributed by atoms with Gasteiger partial charge in [0.2, 0.25) is 0 Å².